The highest BCUT2D eigenvalue weighted by molar-refractivity contribution is 7.91. The van der Waals surface area contributed by atoms with Crippen LogP contribution in [0.15, 0.2) is 65.1 Å². The number of carbonyl (C=O) groups excluding carboxylic acids is 1. The van der Waals surface area contributed by atoms with E-state index >= 15 is 0 Å². The molecule has 0 radical (unpaired) electrons. The number of rotatable bonds is 5. The Labute approximate surface area is 193 Å². The van der Waals surface area contributed by atoms with Crippen molar-refractivity contribution in [3.05, 3.63) is 82.6 Å². The van der Waals surface area contributed by atoms with Gasteiger partial charge in [0.25, 0.3) is 5.91 Å². The van der Waals surface area contributed by atoms with Gasteiger partial charge in [-0.1, -0.05) is 23.7 Å². The minimum atomic E-state index is -4.48. The highest BCUT2D eigenvalue weighted by Crippen LogP contribution is 2.33. The zero-order valence-electron chi connectivity index (χ0n) is 17.2. The Kier molecular flexibility index (Phi) is 6.28. The van der Waals surface area contributed by atoms with Crippen molar-refractivity contribution in [1.82, 2.24) is 4.90 Å². The number of halogens is 4. The molecule has 5 nitrogen and oxygen atoms in total. The molecule has 2 heterocycles. The lowest BCUT2D eigenvalue weighted by Gasteiger charge is -2.27. The van der Waals surface area contributed by atoms with Gasteiger partial charge in [-0.2, -0.15) is 13.2 Å². The second-order valence-corrected chi connectivity index (χ2v) is 10.5. The van der Waals surface area contributed by atoms with Gasteiger partial charge in [-0.3, -0.25) is 4.79 Å². The van der Waals surface area contributed by atoms with Crippen molar-refractivity contribution in [2.75, 3.05) is 11.5 Å². The number of amides is 1. The summed E-state index contributed by atoms with van der Waals surface area (Å²) in [5, 5.41) is 0.457. The maximum absolute atomic E-state index is 13.2. The van der Waals surface area contributed by atoms with Crippen LogP contribution < -0.4 is 0 Å². The van der Waals surface area contributed by atoms with Gasteiger partial charge < -0.3 is 9.32 Å². The maximum Gasteiger partial charge on any atom is 0.416 e. The minimum Gasteiger partial charge on any atom is -0.459 e. The third-order valence-electron chi connectivity index (χ3n) is 5.46. The zero-order valence-corrected chi connectivity index (χ0v) is 18.8. The number of furan rings is 1. The number of carbonyl (C=O) groups is 1. The van der Waals surface area contributed by atoms with E-state index in [0.717, 1.165) is 12.1 Å². The molecule has 0 bridgehead atoms. The number of hydrogen-bond donors (Lipinski definition) is 0. The Morgan fingerprint density at radius 1 is 1.09 bits per heavy atom. The van der Waals surface area contributed by atoms with E-state index in [1.807, 2.05) is 0 Å². The van der Waals surface area contributed by atoms with Crippen molar-refractivity contribution >= 4 is 27.3 Å². The van der Waals surface area contributed by atoms with Crippen LogP contribution in [0.2, 0.25) is 5.02 Å². The molecule has 33 heavy (non-hydrogen) atoms. The van der Waals surface area contributed by atoms with Crippen LogP contribution in [0.25, 0.3) is 11.3 Å². The molecule has 1 amide bonds. The summed E-state index contributed by atoms with van der Waals surface area (Å²) in [4.78, 5) is 14.6. The molecule has 1 fully saturated rings. The van der Waals surface area contributed by atoms with E-state index in [1.54, 1.807) is 30.3 Å². The van der Waals surface area contributed by atoms with Crippen molar-refractivity contribution in [3.63, 3.8) is 0 Å². The molecule has 2 aromatic carbocycles. The molecule has 1 atom stereocenters. The smallest absolute Gasteiger partial charge is 0.416 e. The molecular formula is C23H19ClF3NO4S. The third kappa shape index (κ3) is 5.42. The second-order valence-electron chi connectivity index (χ2n) is 7.84. The molecule has 1 aliphatic heterocycles. The number of hydrogen-bond acceptors (Lipinski definition) is 4. The van der Waals surface area contributed by atoms with Crippen LogP contribution in [0.4, 0.5) is 13.2 Å². The van der Waals surface area contributed by atoms with Gasteiger partial charge in [-0.05, 0) is 55.0 Å². The molecule has 1 aromatic heterocycles. The van der Waals surface area contributed by atoms with Gasteiger partial charge >= 0.3 is 6.18 Å². The summed E-state index contributed by atoms with van der Waals surface area (Å²) >= 11 is 5.90. The SMILES string of the molecule is O=C(c1ccc(Cl)cc1)N(Cc1ccc(-c2cccc(C(F)(F)F)c2)o1)[C@@H]1CCS(=O)(=O)C1. The van der Waals surface area contributed by atoms with Crippen LogP contribution in [0.1, 0.15) is 28.1 Å². The minimum absolute atomic E-state index is 0.0182. The molecular weight excluding hydrogens is 479 g/mol. The van der Waals surface area contributed by atoms with Crippen molar-refractivity contribution in [2.24, 2.45) is 0 Å². The van der Waals surface area contributed by atoms with Gasteiger partial charge in [-0.25, -0.2) is 8.42 Å². The average Bonchev–Trinajstić information content (AvgIpc) is 3.37. The Balaban J connectivity index is 1.61. The standard InChI is InChI=1S/C23H19ClF3NO4S/c24-18-6-4-15(5-7-18)22(29)28(19-10-11-33(30,31)14-19)13-20-8-9-21(32-20)16-2-1-3-17(12-16)23(25,26)27/h1-9,12,19H,10-11,13-14H2/t19-/m1/s1. The van der Waals surface area contributed by atoms with Gasteiger partial charge in [0.1, 0.15) is 11.5 Å². The van der Waals surface area contributed by atoms with Crippen molar-refractivity contribution in [1.29, 1.82) is 0 Å². The first-order chi connectivity index (χ1) is 15.5. The van der Waals surface area contributed by atoms with Gasteiger partial charge in [0.2, 0.25) is 0 Å². The predicted molar refractivity (Wildman–Crippen MR) is 118 cm³/mol. The van der Waals surface area contributed by atoms with E-state index in [9.17, 15) is 26.4 Å². The number of nitrogens with zero attached hydrogens (tertiary/aromatic N) is 1. The first-order valence-electron chi connectivity index (χ1n) is 10.1. The lowest BCUT2D eigenvalue weighted by Crippen LogP contribution is -2.40. The van der Waals surface area contributed by atoms with E-state index in [1.165, 1.54) is 23.1 Å². The predicted octanol–water partition coefficient (Wildman–Crippen LogP) is 5.45. The number of alkyl halides is 3. The van der Waals surface area contributed by atoms with Gasteiger partial charge in [0.15, 0.2) is 9.84 Å². The zero-order chi connectivity index (χ0) is 23.8. The average molecular weight is 498 g/mol. The summed E-state index contributed by atoms with van der Waals surface area (Å²) in [6.45, 7) is -0.0272. The Morgan fingerprint density at radius 2 is 1.82 bits per heavy atom. The molecule has 0 spiro atoms. The number of sulfone groups is 1. The van der Waals surface area contributed by atoms with Gasteiger partial charge in [0, 0.05) is 22.2 Å². The Morgan fingerprint density at radius 3 is 2.45 bits per heavy atom. The van der Waals surface area contributed by atoms with E-state index in [-0.39, 0.29) is 35.3 Å². The molecule has 1 aliphatic rings. The summed E-state index contributed by atoms with van der Waals surface area (Å²) in [6, 6.07) is 13.5. The van der Waals surface area contributed by atoms with E-state index in [2.05, 4.69) is 0 Å². The lowest BCUT2D eigenvalue weighted by molar-refractivity contribution is -0.137. The second kappa shape index (κ2) is 8.87. The molecule has 0 N–H and O–H groups in total. The van der Waals surface area contributed by atoms with Crippen LogP contribution in [-0.2, 0) is 22.6 Å². The molecule has 1 saturated heterocycles. The van der Waals surface area contributed by atoms with Gasteiger partial charge in [-0.15, -0.1) is 0 Å². The van der Waals surface area contributed by atoms with Crippen molar-refractivity contribution in [2.45, 2.75) is 25.2 Å². The summed E-state index contributed by atoms with van der Waals surface area (Å²) in [7, 11) is -3.26. The van der Waals surface area contributed by atoms with E-state index in [4.69, 9.17) is 16.0 Å². The summed E-state index contributed by atoms with van der Waals surface area (Å²) < 4.78 is 68.9. The van der Waals surface area contributed by atoms with Crippen LogP contribution in [0.5, 0.6) is 0 Å². The third-order valence-corrected chi connectivity index (χ3v) is 7.47. The van der Waals surface area contributed by atoms with Crippen LogP contribution in [-0.4, -0.2) is 36.8 Å². The van der Waals surface area contributed by atoms with Gasteiger partial charge in [0.05, 0.1) is 23.6 Å². The molecule has 0 unspecified atom stereocenters. The normalized spacial score (nSPS) is 17.8. The largest absolute Gasteiger partial charge is 0.459 e. The summed E-state index contributed by atoms with van der Waals surface area (Å²) in [5.74, 6) is -0.0164. The summed E-state index contributed by atoms with van der Waals surface area (Å²) in [5.41, 5.74) is -0.211. The first-order valence-corrected chi connectivity index (χ1v) is 12.2. The maximum atomic E-state index is 13.2. The molecule has 174 valence electrons. The van der Waals surface area contributed by atoms with Crippen LogP contribution in [0.3, 0.4) is 0 Å². The monoisotopic (exact) mass is 497 g/mol. The quantitative estimate of drug-likeness (QED) is 0.470. The Hall–Kier alpha value is -2.78. The fourth-order valence-corrected chi connectivity index (χ4v) is 5.64. The summed E-state index contributed by atoms with van der Waals surface area (Å²) in [6.07, 6.45) is -4.19. The fraction of sp³-hybridized carbons (Fsp3) is 0.261. The van der Waals surface area contributed by atoms with E-state index < -0.39 is 27.6 Å². The molecule has 4 rings (SSSR count). The molecule has 10 heteroatoms. The topological polar surface area (TPSA) is 67.6 Å². The van der Waals surface area contributed by atoms with Crippen molar-refractivity contribution < 1.29 is 30.8 Å². The highest BCUT2D eigenvalue weighted by Gasteiger charge is 2.36. The first kappa shape index (κ1) is 23.4. The molecule has 0 aliphatic carbocycles. The van der Waals surface area contributed by atoms with E-state index in [0.29, 0.717) is 22.8 Å². The number of benzene rings is 2. The van der Waals surface area contributed by atoms with Crippen LogP contribution >= 0.6 is 11.6 Å². The Bertz CT molecular complexity index is 1270. The molecule has 3 aromatic rings. The fourth-order valence-electron chi connectivity index (χ4n) is 3.78. The lowest BCUT2D eigenvalue weighted by atomic mass is 10.1. The highest BCUT2D eigenvalue weighted by atomic mass is 35.5. The van der Waals surface area contributed by atoms with Crippen molar-refractivity contribution in [3.8, 4) is 11.3 Å². The van der Waals surface area contributed by atoms with Crippen LogP contribution in [0, 0.1) is 0 Å². The molecule has 0 saturated carbocycles.